The Morgan fingerprint density at radius 2 is 2.11 bits per heavy atom. The number of carbonyl (C=O) groups is 2. The predicted molar refractivity (Wildman–Crippen MR) is 67.0 cm³/mol. The van der Waals surface area contributed by atoms with Crippen LogP contribution in [0.3, 0.4) is 0 Å². The van der Waals surface area contributed by atoms with E-state index in [2.05, 4.69) is 5.32 Å². The maximum Gasteiger partial charge on any atom is 0.306 e. The van der Waals surface area contributed by atoms with Crippen LogP contribution in [0.1, 0.15) is 29.6 Å². The van der Waals surface area contributed by atoms with Crippen molar-refractivity contribution in [2.45, 2.75) is 25.3 Å². The fraction of sp³-hybridized carbons (Fsp3) is 0.385. The molecule has 5 nitrogen and oxygen atoms in total. The highest BCUT2D eigenvalue weighted by atomic mass is 19.1. The predicted octanol–water partition coefficient (Wildman–Crippen LogP) is 1.39. The molecule has 0 bridgehead atoms. The van der Waals surface area contributed by atoms with E-state index in [0.29, 0.717) is 19.3 Å². The molecule has 4 N–H and O–H groups in total. The van der Waals surface area contributed by atoms with Crippen LogP contribution in [0.4, 0.5) is 10.1 Å². The first-order valence-electron chi connectivity index (χ1n) is 6.06. The van der Waals surface area contributed by atoms with Crippen molar-refractivity contribution in [3.8, 4) is 0 Å². The van der Waals surface area contributed by atoms with Gasteiger partial charge in [-0.05, 0) is 37.5 Å². The van der Waals surface area contributed by atoms with Crippen LogP contribution in [-0.2, 0) is 4.79 Å². The van der Waals surface area contributed by atoms with Crippen LogP contribution in [0, 0.1) is 11.7 Å². The number of hydrogen-bond acceptors (Lipinski definition) is 3. The van der Waals surface area contributed by atoms with Crippen molar-refractivity contribution in [2.75, 3.05) is 5.73 Å². The summed E-state index contributed by atoms with van der Waals surface area (Å²) < 4.78 is 13.2. The van der Waals surface area contributed by atoms with Crippen LogP contribution in [0.2, 0.25) is 0 Å². The number of nitrogen functional groups attached to an aromatic ring is 1. The number of aliphatic carboxylic acids is 1. The van der Waals surface area contributed by atoms with E-state index in [1.807, 2.05) is 0 Å². The monoisotopic (exact) mass is 266 g/mol. The molecule has 0 unspecified atom stereocenters. The number of nitrogens with one attached hydrogen (secondary N) is 1. The first-order valence-corrected chi connectivity index (χ1v) is 6.06. The number of amides is 1. The number of carbonyl (C=O) groups excluding carboxylic acids is 1. The number of rotatable bonds is 3. The molecule has 1 saturated carbocycles. The van der Waals surface area contributed by atoms with Crippen molar-refractivity contribution in [3.05, 3.63) is 29.6 Å². The van der Waals surface area contributed by atoms with E-state index >= 15 is 0 Å². The summed E-state index contributed by atoms with van der Waals surface area (Å²) >= 11 is 0. The lowest BCUT2D eigenvalue weighted by Gasteiger charge is -2.12. The van der Waals surface area contributed by atoms with Crippen molar-refractivity contribution in [1.82, 2.24) is 5.32 Å². The molecule has 2 rings (SSSR count). The summed E-state index contributed by atoms with van der Waals surface area (Å²) in [4.78, 5) is 22.7. The van der Waals surface area contributed by atoms with Crippen LogP contribution in [-0.4, -0.2) is 23.0 Å². The SMILES string of the molecule is Nc1ccc(C(=O)N[C@H]2CC[C@@H](C(=O)O)C2)cc1F. The molecule has 2 atom stereocenters. The van der Waals surface area contributed by atoms with Crippen LogP contribution < -0.4 is 11.1 Å². The fourth-order valence-corrected chi connectivity index (χ4v) is 2.27. The topological polar surface area (TPSA) is 92.4 Å². The molecule has 102 valence electrons. The molecule has 0 heterocycles. The number of benzene rings is 1. The van der Waals surface area contributed by atoms with Gasteiger partial charge in [-0.1, -0.05) is 0 Å². The van der Waals surface area contributed by atoms with Crippen LogP contribution in [0.5, 0.6) is 0 Å². The number of nitrogens with two attached hydrogens (primary N) is 1. The summed E-state index contributed by atoms with van der Waals surface area (Å²) in [6.07, 6.45) is 1.59. The van der Waals surface area contributed by atoms with Gasteiger partial charge in [-0.3, -0.25) is 9.59 Å². The highest BCUT2D eigenvalue weighted by Crippen LogP contribution is 2.26. The largest absolute Gasteiger partial charge is 0.481 e. The van der Waals surface area contributed by atoms with Crippen LogP contribution in [0.15, 0.2) is 18.2 Å². The second kappa shape index (κ2) is 5.26. The minimum atomic E-state index is -0.838. The average molecular weight is 266 g/mol. The van der Waals surface area contributed by atoms with E-state index < -0.39 is 23.6 Å². The number of anilines is 1. The molecule has 1 aromatic carbocycles. The Bertz CT molecular complexity index is 519. The van der Waals surface area contributed by atoms with Crippen molar-refractivity contribution in [3.63, 3.8) is 0 Å². The third kappa shape index (κ3) is 3.01. The molecule has 1 aromatic rings. The second-order valence-electron chi connectivity index (χ2n) is 4.75. The summed E-state index contributed by atoms with van der Waals surface area (Å²) in [6, 6.07) is 3.68. The van der Waals surface area contributed by atoms with E-state index in [9.17, 15) is 14.0 Å². The summed E-state index contributed by atoms with van der Waals surface area (Å²) in [7, 11) is 0. The summed E-state index contributed by atoms with van der Waals surface area (Å²) in [5.74, 6) is -2.29. The zero-order valence-corrected chi connectivity index (χ0v) is 10.2. The van der Waals surface area contributed by atoms with E-state index in [4.69, 9.17) is 10.8 Å². The highest BCUT2D eigenvalue weighted by Gasteiger charge is 2.30. The van der Waals surface area contributed by atoms with Gasteiger partial charge in [0.2, 0.25) is 0 Å². The lowest BCUT2D eigenvalue weighted by molar-refractivity contribution is -0.141. The third-order valence-electron chi connectivity index (χ3n) is 3.38. The molecular formula is C13H15FN2O3. The zero-order valence-electron chi connectivity index (χ0n) is 10.2. The Morgan fingerprint density at radius 1 is 1.37 bits per heavy atom. The number of carboxylic acid groups (broad SMARTS) is 1. The van der Waals surface area contributed by atoms with Gasteiger partial charge < -0.3 is 16.2 Å². The van der Waals surface area contributed by atoms with E-state index in [0.717, 1.165) is 6.07 Å². The van der Waals surface area contributed by atoms with Crippen molar-refractivity contribution in [2.24, 2.45) is 5.92 Å². The molecule has 0 spiro atoms. The zero-order chi connectivity index (χ0) is 14.0. The Kier molecular flexibility index (Phi) is 3.69. The van der Waals surface area contributed by atoms with Crippen molar-refractivity contribution >= 4 is 17.6 Å². The quantitative estimate of drug-likeness (QED) is 0.721. The van der Waals surface area contributed by atoms with Gasteiger partial charge in [-0.2, -0.15) is 0 Å². The van der Waals surface area contributed by atoms with Gasteiger partial charge in [0.15, 0.2) is 0 Å². The van der Waals surface area contributed by atoms with Gasteiger partial charge in [0.25, 0.3) is 5.91 Å². The maximum absolute atomic E-state index is 13.2. The lowest BCUT2D eigenvalue weighted by atomic mass is 10.1. The van der Waals surface area contributed by atoms with Crippen LogP contribution >= 0.6 is 0 Å². The van der Waals surface area contributed by atoms with Crippen molar-refractivity contribution < 1.29 is 19.1 Å². The molecule has 0 aromatic heterocycles. The smallest absolute Gasteiger partial charge is 0.306 e. The van der Waals surface area contributed by atoms with Crippen LogP contribution in [0.25, 0.3) is 0 Å². The number of hydrogen-bond donors (Lipinski definition) is 3. The van der Waals surface area contributed by atoms with Gasteiger partial charge in [0.05, 0.1) is 11.6 Å². The molecule has 6 heteroatoms. The molecule has 19 heavy (non-hydrogen) atoms. The molecule has 0 saturated heterocycles. The third-order valence-corrected chi connectivity index (χ3v) is 3.38. The number of carboxylic acids is 1. The molecule has 1 aliphatic carbocycles. The molecular weight excluding hydrogens is 251 g/mol. The number of halogens is 1. The Balaban J connectivity index is 1.98. The van der Waals surface area contributed by atoms with Gasteiger partial charge in [-0.15, -0.1) is 0 Å². The summed E-state index contributed by atoms with van der Waals surface area (Å²) in [5, 5.41) is 11.6. The second-order valence-corrected chi connectivity index (χ2v) is 4.75. The average Bonchev–Trinajstić information content (AvgIpc) is 2.81. The lowest BCUT2D eigenvalue weighted by Crippen LogP contribution is -2.33. The Labute approximate surface area is 109 Å². The summed E-state index contributed by atoms with van der Waals surface area (Å²) in [6.45, 7) is 0. The van der Waals surface area contributed by atoms with Crippen molar-refractivity contribution in [1.29, 1.82) is 0 Å². The molecule has 1 fully saturated rings. The maximum atomic E-state index is 13.2. The molecule has 1 amide bonds. The Hall–Kier alpha value is -2.11. The summed E-state index contributed by atoms with van der Waals surface area (Å²) in [5.41, 5.74) is 5.51. The normalized spacial score (nSPS) is 22.2. The van der Waals surface area contributed by atoms with Gasteiger partial charge in [-0.25, -0.2) is 4.39 Å². The van der Waals surface area contributed by atoms with E-state index in [1.54, 1.807) is 0 Å². The molecule has 1 aliphatic rings. The minimum Gasteiger partial charge on any atom is -0.481 e. The van der Waals surface area contributed by atoms with Gasteiger partial charge in [0.1, 0.15) is 5.82 Å². The van der Waals surface area contributed by atoms with Gasteiger partial charge >= 0.3 is 5.97 Å². The highest BCUT2D eigenvalue weighted by molar-refractivity contribution is 5.94. The minimum absolute atomic E-state index is 0.0108. The standard InChI is InChI=1S/C13H15FN2O3/c14-10-6-7(2-4-11(10)15)12(17)16-9-3-1-8(5-9)13(18)19/h2,4,6,8-9H,1,3,5,15H2,(H,16,17)(H,18,19)/t8-,9+/m1/s1. The van der Waals surface area contributed by atoms with E-state index in [-0.39, 0.29) is 17.3 Å². The molecule has 0 radical (unpaired) electrons. The first kappa shape index (κ1) is 13.3. The Morgan fingerprint density at radius 3 is 2.68 bits per heavy atom. The fourth-order valence-electron chi connectivity index (χ4n) is 2.27. The molecule has 0 aliphatic heterocycles. The first-order chi connectivity index (χ1) is 8.97. The van der Waals surface area contributed by atoms with E-state index in [1.165, 1.54) is 12.1 Å². The van der Waals surface area contributed by atoms with Gasteiger partial charge in [0, 0.05) is 11.6 Å².